The first-order valence-corrected chi connectivity index (χ1v) is 11.2. The molecule has 0 unspecified atom stereocenters. The lowest BCUT2D eigenvalue weighted by Crippen LogP contribution is -2.56. The topological polar surface area (TPSA) is 99.3 Å². The lowest BCUT2D eigenvalue weighted by atomic mass is 9.91. The van der Waals surface area contributed by atoms with Crippen LogP contribution in [0.4, 0.5) is 20.6 Å². The molecule has 0 aromatic heterocycles. The molecule has 4 rings (SSSR count). The van der Waals surface area contributed by atoms with Crippen molar-refractivity contribution in [1.82, 2.24) is 9.62 Å². The van der Waals surface area contributed by atoms with Crippen LogP contribution < -0.4 is 15.1 Å². The fourth-order valence-electron chi connectivity index (χ4n) is 4.14. The summed E-state index contributed by atoms with van der Waals surface area (Å²) in [7, 11) is -3.25. The Labute approximate surface area is 168 Å². The average Bonchev–Trinajstić information content (AvgIpc) is 3.15. The van der Waals surface area contributed by atoms with Crippen LogP contribution in [0.15, 0.2) is 18.2 Å². The summed E-state index contributed by atoms with van der Waals surface area (Å²) in [5.74, 6) is -0.493. The molecule has 1 N–H and O–H groups in total. The second kappa shape index (κ2) is 7.13. The summed E-state index contributed by atoms with van der Waals surface area (Å²) in [5, 5.41) is 2.60. The van der Waals surface area contributed by atoms with Crippen molar-refractivity contribution in [1.29, 1.82) is 0 Å². The van der Waals surface area contributed by atoms with Crippen molar-refractivity contribution in [2.45, 2.75) is 19.1 Å². The van der Waals surface area contributed by atoms with E-state index in [2.05, 4.69) is 5.32 Å². The van der Waals surface area contributed by atoms with Gasteiger partial charge in [-0.15, -0.1) is 0 Å². The van der Waals surface area contributed by atoms with Crippen LogP contribution in [0.25, 0.3) is 0 Å². The maximum Gasteiger partial charge on any atom is 0.414 e. The fraction of sp³-hybridized carbons (Fsp3) is 0.556. The number of hydrogen-bond acceptors (Lipinski definition) is 6. The summed E-state index contributed by atoms with van der Waals surface area (Å²) in [5.41, 5.74) is 0.774. The van der Waals surface area contributed by atoms with E-state index >= 15 is 0 Å². The van der Waals surface area contributed by atoms with Crippen LogP contribution in [0.5, 0.6) is 0 Å². The van der Waals surface area contributed by atoms with Crippen LogP contribution in [0.2, 0.25) is 0 Å². The number of amides is 2. The van der Waals surface area contributed by atoms with Gasteiger partial charge < -0.3 is 15.0 Å². The van der Waals surface area contributed by atoms with Gasteiger partial charge in [0.1, 0.15) is 11.9 Å². The molecule has 11 heteroatoms. The van der Waals surface area contributed by atoms with Crippen molar-refractivity contribution in [2.75, 3.05) is 48.8 Å². The lowest BCUT2D eigenvalue weighted by Gasteiger charge is -2.45. The molecule has 9 nitrogen and oxygen atoms in total. The third-order valence-electron chi connectivity index (χ3n) is 5.68. The van der Waals surface area contributed by atoms with Gasteiger partial charge in [0.15, 0.2) is 0 Å². The number of nitrogens with one attached hydrogen (secondary N) is 1. The van der Waals surface area contributed by atoms with E-state index in [1.54, 1.807) is 12.1 Å². The van der Waals surface area contributed by atoms with Crippen LogP contribution in [0, 0.1) is 11.7 Å². The maximum atomic E-state index is 14.8. The van der Waals surface area contributed by atoms with Crippen molar-refractivity contribution < 1.29 is 27.1 Å². The van der Waals surface area contributed by atoms with E-state index in [4.69, 9.17) is 4.74 Å². The molecule has 0 bridgehead atoms. The average molecular weight is 426 g/mol. The zero-order chi connectivity index (χ0) is 20.9. The number of carbonyl (C=O) groups excluding carboxylic acids is 2. The first-order chi connectivity index (χ1) is 13.6. The minimum atomic E-state index is -3.25. The van der Waals surface area contributed by atoms with Crippen LogP contribution in [-0.2, 0) is 19.6 Å². The van der Waals surface area contributed by atoms with Gasteiger partial charge in [-0.25, -0.2) is 17.6 Å². The number of hydrogen-bond donors (Lipinski definition) is 1. The second-order valence-corrected chi connectivity index (χ2v) is 9.73. The van der Waals surface area contributed by atoms with Gasteiger partial charge in [0.25, 0.3) is 0 Å². The molecule has 0 saturated carbocycles. The molecule has 1 aromatic carbocycles. The number of rotatable bonds is 5. The predicted molar refractivity (Wildman–Crippen MR) is 104 cm³/mol. The third kappa shape index (κ3) is 3.76. The van der Waals surface area contributed by atoms with E-state index < -0.39 is 28.0 Å². The molecule has 1 aromatic rings. The summed E-state index contributed by atoms with van der Waals surface area (Å²) in [6.07, 6.45) is 0.105. The highest BCUT2D eigenvalue weighted by atomic mass is 32.2. The molecule has 3 atom stereocenters. The van der Waals surface area contributed by atoms with Crippen molar-refractivity contribution >= 4 is 33.4 Å². The molecule has 3 heterocycles. The van der Waals surface area contributed by atoms with Gasteiger partial charge in [0.05, 0.1) is 30.7 Å². The number of fused-ring (bicyclic) bond motifs is 1. The van der Waals surface area contributed by atoms with Gasteiger partial charge in [-0.3, -0.25) is 9.69 Å². The van der Waals surface area contributed by atoms with Gasteiger partial charge in [-0.2, -0.15) is 4.31 Å². The molecule has 0 radical (unpaired) electrons. The number of ether oxygens (including phenoxy) is 1. The Balaban J connectivity index is 1.44. The standard InChI is InChI=1S/C18H23FN4O5S/c1-11(24)20-6-14-9-22(18(25)28-14)13-3-4-16(15(19)5-13)23-8-12-7-21(10-17(12)23)29(2,26)27/h3-5,12,14,17H,6-10H2,1-2H3,(H,20,24)/t12-,14-,17-/m0/s1. The van der Waals surface area contributed by atoms with Crippen LogP contribution in [0.3, 0.4) is 0 Å². The number of halogens is 1. The number of carbonyl (C=O) groups is 2. The molecule has 3 aliphatic heterocycles. The smallest absolute Gasteiger partial charge is 0.414 e. The quantitative estimate of drug-likeness (QED) is 0.730. The lowest BCUT2D eigenvalue weighted by molar-refractivity contribution is -0.119. The van der Waals surface area contributed by atoms with Gasteiger partial charge in [-0.1, -0.05) is 0 Å². The van der Waals surface area contributed by atoms with Crippen molar-refractivity contribution in [3.63, 3.8) is 0 Å². The monoisotopic (exact) mass is 426 g/mol. The number of benzene rings is 1. The van der Waals surface area contributed by atoms with Crippen LogP contribution in [-0.4, -0.2) is 75.8 Å². The molecule has 0 aliphatic carbocycles. The summed E-state index contributed by atoms with van der Waals surface area (Å²) >= 11 is 0. The van der Waals surface area contributed by atoms with E-state index in [1.165, 1.54) is 28.5 Å². The highest BCUT2D eigenvalue weighted by Crippen LogP contribution is 2.39. The first-order valence-electron chi connectivity index (χ1n) is 9.37. The SMILES string of the molecule is CC(=O)NC[C@H]1CN(c2ccc(N3C[C@@H]4CN(S(C)(=O)=O)C[C@@H]43)c(F)c2)C(=O)O1. The molecule has 158 valence electrons. The van der Waals surface area contributed by atoms with Crippen LogP contribution >= 0.6 is 0 Å². The molecular weight excluding hydrogens is 403 g/mol. The van der Waals surface area contributed by atoms with Crippen LogP contribution in [0.1, 0.15) is 6.92 Å². The van der Waals surface area contributed by atoms with Gasteiger partial charge >= 0.3 is 6.09 Å². The molecule has 2 amide bonds. The second-order valence-electron chi connectivity index (χ2n) is 7.75. The highest BCUT2D eigenvalue weighted by molar-refractivity contribution is 7.88. The molecule has 3 saturated heterocycles. The Morgan fingerprint density at radius 1 is 1.28 bits per heavy atom. The maximum absolute atomic E-state index is 14.8. The largest absolute Gasteiger partial charge is 0.442 e. The summed E-state index contributed by atoms with van der Waals surface area (Å²) < 4.78 is 45.0. The Kier molecular flexibility index (Phi) is 4.89. The summed E-state index contributed by atoms with van der Waals surface area (Å²) in [6.45, 7) is 3.21. The third-order valence-corrected chi connectivity index (χ3v) is 6.91. The van der Waals surface area contributed by atoms with E-state index in [0.717, 1.165) is 0 Å². The summed E-state index contributed by atoms with van der Waals surface area (Å²) in [4.78, 5) is 26.3. The normalized spacial score (nSPS) is 26.9. The number of anilines is 2. The molecule has 3 aliphatic rings. The number of cyclic esters (lactones) is 1. The summed E-state index contributed by atoms with van der Waals surface area (Å²) in [6, 6.07) is 4.51. The molecule has 3 fully saturated rings. The van der Waals surface area contributed by atoms with Gasteiger partial charge in [0, 0.05) is 38.5 Å². The highest BCUT2D eigenvalue weighted by Gasteiger charge is 2.48. The van der Waals surface area contributed by atoms with E-state index in [9.17, 15) is 22.4 Å². The number of nitrogens with zero attached hydrogens (tertiary/aromatic N) is 3. The van der Waals surface area contributed by atoms with Gasteiger partial charge in [-0.05, 0) is 18.2 Å². The van der Waals surface area contributed by atoms with Crippen molar-refractivity contribution in [2.24, 2.45) is 5.92 Å². The predicted octanol–water partition coefficient (Wildman–Crippen LogP) is 0.367. The van der Waals surface area contributed by atoms with Gasteiger partial charge in [0.2, 0.25) is 15.9 Å². The minimum Gasteiger partial charge on any atom is -0.442 e. The van der Waals surface area contributed by atoms with E-state index in [0.29, 0.717) is 31.0 Å². The van der Waals surface area contributed by atoms with E-state index in [-0.39, 0.29) is 31.0 Å². The zero-order valence-corrected chi connectivity index (χ0v) is 17.0. The Morgan fingerprint density at radius 2 is 2.03 bits per heavy atom. The minimum absolute atomic E-state index is 0.0381. The van der Waals surface area contributed by atoms with Crippen molar-refractivity contribution in [3.8, 4) is 0 Å². The number of sulfonamides is 1. The van der Waals surface area contributed by atoms with Crippen molar-refractivity contribution in [3.05, 3.63) is 24.0 Å². The fourth-order valence-corrected chi connectivity index (χ4v) is 5.02. The Bertz CT molecular complexity index is 956. The molecular formula is C18H23FN4O5S. The Morgan fingerprint density at radius 3 is 2.69 bits per heavy atom. The van der Waals surface area contributed by atoms with E-state index in [1.807, 2.05) is 4.90 Å². The molecule has 29 heavy (non-hydrogen) atoms. The first kappa shape index (κ1) is 19.9. The molecule has 0 spiro atoms. The Hall–Kier alpha value is -2.40. The zero-order valence-electron chi connectivity index (χ0n) is 16.2.